The van der Waals surface area contributed by atoms with Crippen molar-refractivity contribution in [3.05, 3.63) is 0 Å². The summed E-state index contributed by atoms with van der Waals surface area (Å²) in [4.78, 5) is 58.4. The fraction of sp³-hybridized carbons (Fsp3) is 0.737. The minimum absolute atomic E-state index is 0.146. The Balaban J connectivity index is 3.23. The van der Waals surface area contributed by atoms with E-state index in [0.29, 0.717) is 6.42 Å². The minimum atomic E-state index is -1.38. The molecule has 176 valence electrons. The summed E-state index contributed by atoms with van der Waals surface area (Å²) in [5.74, 6) is -2.92. The molecule has 0 aromatic rings. The van der Waals surface area contributed by atoms with Crippen LogP contribution in [0, 0.1) is 0 Å². The molecule has 1 heterocycles. The molecule has 12 nitrogen and oxygen atoms in total. The summed E-state index contributed by atoms with van der Waals surface area (Å²) >= 11 is 0. The Labute approximate surface area is 179 Å². The van der Waals surface area contributed by atoms with Crippen LogP contribution in [0.1, 0.15) is 47.5 Å². The van der Waals surface area contributed by atoms with E-state index >= 15 is 0 Å². The highest BCUT2D eigenvalue weighted by Crippen LogP contribution is 2.28. The Morgan fingerprint density at radius 1 is 0.774 bits per heavy atom. The number of nitrogens with one attached hydrogen (secondary N) is 1. The molecule has 1 aliphatic heterocycles. The Morgan fingerprint density at radius 3 is 1.84 bits per heavy atom. The molecule has 1 N–H and O–H groups in total. The zero-order chi connectivity index (χ0) is 23.6. The highest BCUT2D eigenvalue weighted by molar-refractivity contribution is 5.70. The normalized spacial score (nSPS) is 25.0. The standard InChI is InChI=1S/C19H29NO11/c1-6-7-8-26-19(25)20-18-17(30-13(5)24)16(29-12(4)23)15(28-11(3)22)14(31-18)9-27-10(2)21/h14-18H,6-9H2,1-5H3,(H,20,25)/t14-,15+,16-,17-,18-/m1/s1. The monoisotopic (exact) mass is 447 g/mol. The second-order valence-electron chi connectivity index (χ2n) is 6.75. The molecule has 1 saturated heterocycles. The van der Waals surface area contributed by atoms with E-state index in [1.54, 1.807) is 0 Å². The maximum atomic E-state index is 12.1. The van der Waals surface area contributed by atoms with Gasteiger partial charge < -0.3 is 28.4 Å². The fourth-order valence-corrected chi connectivity index (χ4v) is 2.81. The summed E-state index contributed by atoms with van der Waals surface area (Å²) in [6.07, 6.45) is -5.97. The third kappa shape index (κ3) is 9.20. The second kappa shape index (κ2) is 12.7. The minimum Gasteiger partial charge on any atom is -0.463 e. The molecule has 12 heteroatoms. The van der Waals surface area contributed by atoms with Crippen LogP contribution >= 0.6 is 0 Å². The molecule has 1 rings (SSSR count). The first-order chi connectivity index (χ1) is 14.5. The van der Waals surface area contributed by atoms with Crippen LogP contribution in [0.4, 0.5) is 4.79 Å². The number of carbonyl (C=O) groups excluding carboxylic acids is 5. The third-order valence-electron chi connectivity index (χ3n) is 3.98. The molecule has 0 aromatic heterocycles. The molecule has 0 radical (unpaired) electrons. The van der Waals surface area contributed by atoms with Gasteiger partial charge in [0, 0.05) is 27.7 Å². The van der Waals surface area contributed by atoms with Gasteiger partial charge in [-0.25, -0.2) is 4.79 Å². The molecule has 0 unspecified atom stereocenters. The smallest absolute Gasteiger partial charge is 0.409 e. The molecular formula is C19H29NO11. The van der Waals surface area contributed by atoms with Crippen LogP contribution < -0.4 is 5.32 Å². The van der Waals surface area contributed by atoms with Crippen LogP contribution in [0.5, 0.6) is 0 Å². The van der Waals surface area contributed by atoms with Crippen molar-refractivity contribution in [1.82, 2.24) is 5.32 Å². The average molecular weight is 447 g/mol. The van der Waals surface area contributed by atoms with Crippen molar-refractivity contribution in [2.24, 2.45) is 0 Å². The zero-order valence-electron chi connectivity index (χ0n) is 18.2. The van der Waals surface area contributed by atoms with Gasteiger partial charge in [-0.2, -0.15) is 0 Å². The average Bonchev–Trinajstić information content (AvgIpc) is 2.64. The summed E-state index contributed by atoms with van der Waals surface area (Å²) in [5.41, 5.74) is 0. The van der Waals surface area contributed by atoms with Gasteiger partial charge >= 0.3 is 30.0 Å². The van der Waals surface area contributed by atoms with Crippen molar-refractivity contribution in [2.75, 3.05) is 13.2 Å². The number of unbranched alkanes of at least 4 members (excludes halogenated alkanes) is 1. The largest absolute Gasteiger partial charge is 0.463 e. The lowest BCUT2D eigenvalue weighted by Crippen LogP contribution is -2.66. The molecule has 5 atom stereocenters. The Morgan fingerprint density at radius 2 is 1.32 bits per heavy atom. The van der Waals surface area contributed by atoms with Gasteiger partial charge in [-0.15, -0.1) is 0 Å². The molecule has 1 aliphatic rings. The number of esters is 4. The van der Waals surface area contributed by atoms with Crippen molar-refractivity contribution < 1.29 is 52.4 Å². The van der Waals surface area contributed by atoms with Crippen LogP contribution in [-0.2, 0) is 47.6 Å². The Kier molecular flexibility index (Phi) is 10.7. The van der Waals surface area contributed by atoms with Crippen LogP contribution in [0.25, 0.3) is 0 Å². The van der Waals surface area contributed by atoms with E-state index in [1.807, 2.05) is 6.92 Å². The first-order valence-electron chi connectivity index (χ1n) is 9.78. The molecule has 1 amide bonds. The summed E-state index contributed by atoms with van der Waals surface area (Å²) in [6.45, 7) is 6.16. The lowest BCUT2D eigenvalue weighted by Gasteiger charge is -2.44. The van der Waals surface area contributed by atoms with E-state index < -0.39 is 60.6 Å². The first-order valence-corrected chi connectivity index (χ1v) is 9.78. The topological polar surface area (TPSA) is 153 Å². The summed E-state index contributed by atoms with van der Waals surface area (Å²) < 4.78 is 31.4. The van der Waals surface area contributed by atoms with Gasteiger partial charge in [-0.3, -0.25) is 24.5 Å². The van der Waals surface area contributed by atoms with E-state index in [2.05, 4.69) is 5.32 Å². The molecule has 0 aliphatic carbocycles. The van der Waals surface area contributed by atoms with Crippen molar-refractivity contribution in [3.63, 3.8) is 0 Å². The van der Waals surface area contributed by atoms with Gasteiger partial charge in [0.15, 0.2) is 24.5 Å². The highest BCUT2D eigenvalue weighted by atomic mass is 16.7. The van der Waals surface area contributed by atoms with E-state index in [1.165, 1.54) is 0 Å². The van der Waals surface area contributed by atoms with Crippen molar-refractivity contribution in [2.45, 2.75) is 78.1 Å². The number of ether oxygens (including phenoxy) is 6. The van der Waals surface area contributed by atoms with E-state index in [-0.39, 0.29) is 13.2 Å². The number of amides is 1. The maximum Gasteiger partial charge on any atom is 0.409 e. The van der Waals surface area contributed by atoms with Gasteiger partial charge in [0.25, 0.3) is 0 Å². The van der Waals surface area contributed by atoms with Crippen LogP contribution in [-0.4, -0.2) is 73.8 Å². The molecule has 31 heavy (non-hydrogen) atoms. The van der Waals surface area contributed by atoms with E-state index in [0.717, 1.165) is 34.1 Å². The highest BCUT2D eigenvalue weighted by Gasteiger charge is 2.52. The van der Waals surface area contributed by atoms with E-state index in [4.69, 9.17) is 28.4 Å². The first kappa shape index (κ1) is 26.1. The summed E-state index contributed by atoms with van der Waals surface area (Å²) in [7, 11) is 0. The maximum absolute atomic E-state index is 12.1. The van der Waals surface area contributed by atoms with Crippen molar-refractivity contribution in [1.29, 1.82) is 0 Å². The van der Waals surface area contributed by atoms with Gasteiger partial charge in [0.05, 0.1) is 6.61 Å². The fourth-order valence-electron chi connectivity index (χ4n) is 2.81. The number of rotatable bonds is 9. The molecular weight excluding hydrogens is 418 g/mol. The lowest BCUT2D eigenvalue weighted by molar-refractivity contribution is -0.256. The number of hydrogen-bond acceptors (Lipinski definition) is 11. The molecule has 0 saturated carbocycles. The number of carbonyl (C=O) groups is 5. The Bertz CT molecular complexity index is 665. The molecule has 1 fully saturated rings. The van der Waals surface area contributed by atoms with Gasteiger partial charge in [0.1, 0.15) is 12.7 Å². The zero-order valence-corrected chi connectivity index (χ0v) is 18.2. The van der Waals surface area contributed by atoms with Crippen LogP contribution in [0.3, 0.4) is 0 Å². The van der Waals surface area contributed by atoms with Gasteiger partial charge in [-0.05, 0) is 6.42 Å². The lowest BCUT2D eigenvalue weighted by atomic mass is 9.97. The summed E-state index contributed by atoms with van der Waals surface area (Å²) in [6, 6.07) is 0. The van der Waals surface area contributed by atoms with Crippen LogP contribution in [0.2, 0.25) is 0 Å². The van der Waals surface area contributed by atoms with Crippen LogP contribution in [0.15, 0.2) is 0 Å². The van der Waals surface area contributed by atoms with Gasteiger partial charge in [-0.1, -0.05) is 13.3 Å². The van der Waals surface area contributed by atoms with Crippen molar-refractivity contribution >= 4 is 30.0 Å². The third-order valence-corrected chi connectivity index (χ3v) is 3.98. The molecule has 0 aromatic carbocycles. The summed E-state index contributed by atoms with van der Waals surface area (Å²) in [5, 5.41) is 2.40. The quantitative estimate of drug-likeness (QED) is 0.300. The van der Waals surface area contributed by atoms with E-state index in [9.17, 15) is 24.0 Å². The second-order valence-corrected chi connectivity index (χ2v) is 6.75. The molecule has 0 bridgehead atoms. The van der Waals surface area contributed by atoms with Gasteiger partial charge in [0.2, 0.25) is 0 Å². The van der Waals surface area contributed by atoms with Crippen molar-refractivity contribution in [3.8, 4) is 0 Å². The SMILES string of the molecule is CCCCOC(=O)N[C@@H]1O[C@H](COC(C)=O)[C@H](OC(C)=O)[C@@H](OC(C)=O)[C@H]1OC(C)=O. The number of hydrogen-bond donors (Lipinski definition) is 1. The predicted octanol–water partition coefficient (Wildman–Crippen LogP) is 0.596. The Hall–Kier alpha value is -2.89. The predicted molar refractivity (Wildman–Crippen MR) is 101 cm³/mol. The number of alkyl carbamates (subject to hydrolysis) is 1. The molecule has 0 spiro atoms.